The Bertz CT molecular complexity index is 797. The van der Waals surface area contributed by atoms with E-state index < -0.39 is 0 Å². The summed E-state index contributed by atoms with van der Waals surface area (Å²) in [5, 5.41) is 21.6. The summed E-state index contributed by atoms with van der Waals surface area (Å²) in [5.74, 6) is 0.688. The van der Waals surface area contributed by atoms with Gasteiger partial charge in [0.15, 0.2) is 0 Å². The maximum absolute atomic E-state index is 10.8. The van der Waals surface area contributed by atoms with Crippen molar-refractivity contribution < 1.29 is 29.6 Å². The van der Waals surface area contributed by atoms with Crippen LogP contribution in [0.25, 0.3) is 0 Å². The summed E-state index contributed by atoms with van der Waals surface area (Å²) in [5.41, 5.74) is 5.63. The number of phenolic OH excluding ortho intramolecular Hbond substituents is 2. The molecule has 0 heterocycles. The molecule has 1 saturated carbocycles. The van der Waals surface area contributed by atoms with Crippen LogP contribution in [0.5, 0.6) is 11.5 Å². The zero-order valence-corrected chi connectivity index (χ0v) is 23.0. The molecule has 0 saturated heterocycles. The topological polar surface area (TPSA) is 40.5 Å². The third-order valence-electron chi connectivity index (χ3n) is 5.22. The average Bonchev–Trinajstić information content (AvgIpc) is 3.27. The monoisotopic (exact) mass is 488 g/mol. The third-order valence-corrected chi connectivity index (χ3v) is 5.22. The van der Waals surface area contributed by atoms with Crippen molar-refractivity contribution in [1.29, 1.82) is 0 Å². The van der Waals surface area contributed by atoms with Crippen LogP contribution in [0.15, 0.2) is 24.3 Å². The molecule has 2 N–H and O–H groups in total. The summed E-state index contributed by atoms with van der Waals surface area (Å²) < 4.78 is 0. The number of phenols is 2. The van der Waals surface area contributed by atoms with Gasteiger partial charge in [0.2, 0.25) is 0 Å². The Labute approximate surface area is 212 Å². The first-order valence-corrected chi connectivity index (χ1v) is 13.0. The van der Waals surface area contributed by atoms with Gasteiger partial charge in [-0.2, -0.15) is 0 Å². The van der Waals surface area contributed by atoms with Gasteiger partial charge in [0.05, 0.1) is 0 Å². The van der Waals surface area contributed by atoms with Crippen molar-refractivity contribution in [2.24, 2.45) is 0 Å². The fourth-order valence-electron chi connectivity index (χ4n) is 3.65. The van der Waals surface area contributed by atoms with Crippen LogP contribution in [0, 0.1) is 46.0 Å². The molecule has 1 fully saturated rings. The Hall–Kier alpha value is -0.956. The van der Waals surface area contributed by atoms with Crippen molar-refractivity contribution in [2.45, 2.75) is 72.6 Å². The van der Waals surface area contributed by atoms with Crippen LogP contribution in [0.3, 0.4) is 0 Å². The van der Waals surface area contributed by atoms with E-state index >= 15 is 0 Å². The molecule has 2 aromatic carbocycles. The second-order valence-electron chi connectivity index (χ2n) is 10.3. The molecular formula is C28H37ClO2Ti+. The molecule has 2 nitrogen and oxygen atoms in total. The molecule has 0 unspecified atom stereocenters. The van der Waals surface area contributed by atoms with E-state index in [1.54, 1.807) is 0 Å². The van der Waals surface area contributed by atoms with E-state index in [0.717, 1.165) is 33.4 Å². The molecule has 0 spiro atoms. The molecule has 0 amide bonds. The van der Waals surface area contributed by atoms with E-state index in [2.05, 4.69) is 76.8 Å². The van der Waals surface area contributed by atoms with Crippen LogP contribution >= 0.6 is 9.30 Å². The van der Waals surface area contributed by atoms with Gasteiger partial charge in [0.1, 0.15) is 11.5 Å². The zero-order chi connectivity index (χ0) is 24.7. The Balaban J connectivity index is 0.000000629. The van der Waals surface area contributed by atoms with Gasteiger partial charge in [-0.3, -0.25) is 0 Å². The number of benzene rings is 2. The van der Waals surface area contributed by atoms with Crippen molar-refractivity contribution in [1.82, 2.24) is 0 Å². The summed E-state index contributed by atoms with van der Waals surface area (Å²) >= 11 is 1.47. The molecule has 0 aliphatic heterocycles. The summed E-state index contributed by atoms with van der Waals surface area (Å²) in [6, 6.07) is 8.14. The van der Waals surface area contributed by atoms with E-state index in [0.29, 0.717) is 17.9 Å². The average molecular weight is 489 g/mol. The second-order valence-corrected chi connectivity index (χ2v) is 10.3. The van der Waals surface area contributed by atoms with Crippen molar-refractivity contribution in [2.75, 3.05) is 0 Å². The predicted octanol–water partition coefficient (Wildman–Crippen LogP) is 7.61. The predicted molar refractivity (Wildman–Crippen MR) is 133 cm³/mol. The fraction of sp³-hybridized carbons (Fsp3) is 0.393. The van der Waals surface area contributed by atoms with Gasteiger partial charge in [-0.25, -0.2) is 0 Å². The van der Waals surface area contributed by atoms with Crippen molar-refractivity contribution in [3.8, 4) is 11.5 Å². The molecule has 5 radical (unpaired) electrons. The number of aryl methyl sites for hydroxylation is 2. The Kier molecular flexibility index (Phi) is 11.4. The Morgan fingerprint density at radius 2 is 0.906 bits per heavy atom. The number of hydrogen-bond acceptors (Lipinski definition) is 2. The van der Waals surface area contributed by atoms with E-state index in [4.69, 9.17) is 0 Å². The van der Waals surface area contributed by atoms with Gasteiger partial charge in [0.25, 0.3) is 0 Å². The van der Waals surface area contributed by atoms with Crippen molar-refractivity contribution in [3.63, 3.8) is 0 Å². The molecule has 1 aliphatic carbocycles. The molecule has 171 valence electrons. The Morgan fingerprint density at radius 1 is 0.625 bits per heavy atom. The van der Waals surface area contributed by atoms with Crippen LogP contribution in [0.4, 0.5) is 0 Å². The number of halogens is 1. The second kappa shape index (κ2) is 12.5. The Morgan fingerprint density at radius 3 is 1.16 bits per heavy atom. The molecule has 0 aromatic heterocycles. The minimum atomic E-state index is -0.129. The molecule has 32 heavy (non-hydrogen) atoms. The molecule has 3 rings (SSSR count). The zero-order valence-electron chi connectivity index (χ0n) is 20.7. The normalized spacial score (nSPS) is 13.6. The van der Waals surface area contributed by atoms with E-state index in [-0.39, 0.29) is 10.8 Å². The van der Waals surface area contributed by atoms with Crippen LogP contribution in [0.2, 0.25) is 0 Å². The van der Waals surface area contributed by atoms with Gasteiger partial charge < -0.3 is 10.2 Å². The summed E-state index contributed by atoms with van der Waals surface area (Å²) in [6.07, 6.45) is 10.5. The minimum absolute atomic E-state index is 0.129. The van der Waals surface area contributed by atoms with Gasteiger partial charge in [-0.1, -0.05) is 76.9 Å². The third kappa shape index (κ3) is 8.43. The number of rotatable bonds is 2. The van der Waals surface area contributed by atoms with Crippen molar-refractivity contribution >= 4 is 9.30 Å². The summed E-state index contributed by atoms with van der Waals surface area (Å²) in [6.45, 7) is 16.7. The van der Waals surface area contributed by atoms with E-state index in [1.807, 2.05) is 44.2 Å². The molecular weight excluding hydrogens is 452 g/mol. The molecule has 4 heteroatoms. The number of hydrogen-bond donors (Lipinski definition) is 2. The molecule has 1 aliphatic rings. The van der Waals surface area contributed by atoms with E-state index in [9.17, 15) is 10.2 Å². The van der Waals surface area contributed by atoms with Crippen LogP contribution < -0.4 is 0 Å². The molecule has 0 atom stereocenters. The number of aromatic hydroxyl groups is 2. The van der Waals surface area contributed by atoms with Gasteiger partial charge in [-0.05, 0) is 79.0 Å². The quantitative estimate of drug-likeness (QED) is 0.427. The molecule has 2 aromatic rings. The van der Waals surface area contributed by atoms with Gasteiger partial charge >= 0.3 is 28.7 Å². The van der Waals surface area contributed by atoms with Crippen molar-refractivity contribution in [3.05, 3.63) is 89.8 Å². The van der Waals surface area contributed by atoms with Crippen LogP contribution in [-0.4, -0.2) is 10.2 Å². The van der Waals surface area contributed by atoms with Crippen LogP contribution in [0.1, 0.15) is 74.9 Å². The van der Waals surface area contributed by atoms with E-state index in [1.165, 1.54) is 19.4 Å². The standard InChI is InChI=1S/C23H32O2.C5H5.ClH.Ti/c1-14-9-16(20(24)18(11-14)22(3,4)5)13-17-10-15(2)12-19(21(17)25)23(6,7)8;1-2-4-5-3-1;;/h9-12,24-25H,13H2,1-8H3;1-5H;1H;/q;;;+2/p-1. The fourth-order valence-corrected chi connectivity index (χ4v) is 3.65. The van der Waals surface area contributed by atoms with Gasteiger partial charge in [0, 0.05) is 6.42 Å². The summed E-state index contributed by atoms with van der Waals surface area (Å²) in [4.78, 5) is 0. The maximum atomic E-state index is 10.8. The molecule has 0 bridgehead atoms. The van der Waals surface area contributed by atoms with Gasteiger partial charge in [-0.15, -0.1) is 0 Å². The first-order chi connectivity index (χ1) is 14.8. The first-order valence-electron chi connectivity index (χ1n) is 10.8. The summed E-state index contributed by atoms with van der Waals surface area (Å²) in [7, 11) is 4.64. The first kappa shape index (κ1) is 29.1. The SMILES string of the molecule is Cc1cc(Cc2cc(C)cc(C(C)(C)C)c2O)c(O)c(C(C)(C)C)c1.[CH]1[CH][CH][CH][CH]1.[Cl][Ti+]. The van der Waals surface area contributed by atoms with Crippen LogP contribution in [-0.2, 0) is 36.6 Å².